The van der Waals surface area contributed by atoms with Gasteiger partial charge >= 0.3 is 0 Å². The van der Waals surface area contributed by atoms with Gasteiger partial charge in [-0.25, -0.2) is 0 Å². The van der Waals surface area contributed by atoms with Crippen LogP contribution in [0.3, 0.4) is 0 Å². The highest BCUT2D eigenvalue weighted by atomic mass is 35.5. The zero-order valence-corrected chi connectivity index (χ0v) is 23.5. The van der Waals surface area contributed by atoms with Crippen molar-refractivity contribution in [2.24, 2.45) is 0 Å². The normalized spacial score (nSPS) is 12.1. The Kier molecular flexibility index (Phi) is 9.33. The van der Waals surface area contributed by atoms with Gasteiger partial charge in [-0.15, -0.1) is 0 Å². The van der Waals surface area contributed by atoms with Crippen molar-refractivity contribution in [3.8, 4) is 0 Å². The molecular formula is C29H35ClN4O4. The minimum Gasteiger partial charge on any atom is -0.360 e. The molecule has 8 nitrogen and oxygen atoms in total. The first-order valence-electron chi connectivity index (χ1n) is 12.6. The van der Waals surface area contributed by atoms with Gasteiger partial charge in [-0.05, 0) is 70.4 Å². The standard InChI is InChI=1S/C29H35ClN4O4/c1-7-29(5,6)32-28(37)27(22-10-8-9-11-23(22)30)34(21-13-12-18(2)19(3)16-21)26(36)15-14-25(35)31-24-17-20(4)38-33-24/h8-13,16-17,27H,7,14-15H2,1-6H3,(H,32,37)(H,31,33,35). The molecule has 1 heterocycles. The van der Waals surface area contributed by atoms with Gasteiger partial charge in [0.15, 0.2) is 5.82 Å². The molecule has 0 radical (unpaired) electrons. The molecule has 3 amide bonds. The van der Waals surface area contributed by atoms with E-state index in [9.17, 15) is 14.4 Å². The Morgan fingerprint density at radius 3 is 2.34 bits per heavy atom. The van der Waals surface area contributed by atoms with Gasteiger partial charge in [-0.1, -0.05) is 47.9 Å². The van der Waals surface area contributed by atoms with Crippen molar-refractivity contribution in [2.45, 2.75) is 72.4 Å². The molecule has 3 rings (SSSR count). The molecule has 9 heteroatoms. The lowest BCUT2D eigenvalue weighted by Crippen LogP contribution is -2.50. The third-order valence-electron chi connectivity index (χ3n) is 6.55. The first-order chi connectivity index (χ1) is 17.9. The van der Waals surface area contributed by atoms with Crippen LogP contribution in [-0.4, -0.2) is 28.4 Å². The molecule has 1 unspecified atom stereocenters. The minimum atomic E-state index is -1.05. The van der Waals surface area contributed by atoms with E-state index in [4.69, 9.17) is 16.1 Å². The predicted octanol–water partition coefficient (Wildman–Crippen LogP) is 6.05. The number of amides is 3. The number of carbonyl (C=O) groups excluding carboxylic acids is 3. The van der Waals surface area contributed by atoms with E-state index in [1.54, 1.807) is 43.3 Å². The van der Waals surface area contributed by atoms with Crippen LogP contribution >= 0.6 is 11.6 Å². The second kappa shape index (κ2) is 12.3. The molecule has 0 saturated heterocycles. The molecule has 0 aliphatic rings. The zero-order chi connectivity index (χ0) is 28.0. The van der Waals surface area contributed by atoms with Crippen LogP contribution in [0.4, 0.5) is 11.5 Å². The van der Waals surface area contributed by atoms with Crippen LogP contribution in [0.1, 0.15) is 68.5 Å². The molecule has 1 atom stereocenters. The lowest BCUT2D eigenvalue weighted by Gasteiger charge is -2.35. The average molecular weight is 539 g/mol. The summed E-state index contributed by atoms with van der Waals surface area (Å²) < 4.78 is 4.98. The predicted molar refractivity (Wildman–Crippen MR) is 149 cm³/mol. The van der Waals surface area contributed by atoms with Crippen LogP contribution in [0.5, 0.6) is 0 Å². The van der Waals surface area contributed by atoms with E-state index in [1.165, 1.54) is 4.90 Å². The fraction of sp³-hybridized carbons (Fsp3) is 0.379. The summed E-state index contributed by atoms with van der Waals surface area (Å²) in [5.41, 5.74) is 2.54. The maximum Gasteiger partial charge on any atom is 0.248 e. The molecule has 2 N–H and O–H groups in total. The van der Waals surface area contributed by atoms with Crippen LogP contribution in [0, 0.1) is 20.8 Å². The Bertz CT molecular complexity index is 1320. The molecule has 1 aromatic heterocycles. The molecule has 38 heavy (non-hydrogen) atoms. The Morgan fingerprint density at radius 1 is 1.03 bits per heavy atom. The summed E-state index contributed by atoms with van der Waals surface area (Å²) in [5, 5.41) is 9.82. The van der Waals surface area contributed by atoms with Gasteiger partial charge in [0.1, 0.15) is 11.8 Å². The van der Waals surface area contributed by atoms with Crippen molar-refractivity contribution in [1.82, 2.24) is 10.5 Å². The zero-order valence-electron chi connectivity index (χ0n) is 22.7. The van der Waals surface area contributed by atoms with Gasteiger partial charge < -0.3 is 15.2 Å². The third-order valence-corrected chi connectivity index (χ3v) is 6.89. The molecule has 2 aromatic carbocycles. The van der Waals surface area contributed by atoms with Crippen LogP contribution in [0.25, 0.3) is 0 Å². The van der Waals surface area contributed by atoms with Gasteiger partial charge in [0, 0.05) is 40.7 Å². The van der Waals surface area contributed by atoms with Crippen molar-refractivity contribution in [3.05, 3.63) is 76.0 Å². The molecule has 0 saturated carbocycles. The molecule has 202 valence electrons. The number of aryl methyl sites for hydroxylation is 3. The molecule has 0 aliphatic carbocycles. The molecular weight excluding hydrogens is 504 g/mol. The lowest BCUT2D eigenvalue weighted by molar-refractivity contribution is -0.128. The average Bonchev–Trinajstić information content (AvgIpc) is 3.27. The van der Waals surface area contributed by atoms with E-state index in [0.717, 1.165) is 11.1 Å². The second-order valence-corrected chi connectivity index (χ2v) is 10.5. The Labute approximate surface area is 228 Å². The summed E-state index contributed by atoms with van der Waals surface area (Å²) in [6.07, 6.45) is 0.442. The number of aromatic nitrogens is 1. The highest BCUT2D eigenvalue weighted by Crippen LogP contribution is 2.34. The van der Waals surface area contributed by atoms with E-state index >= 15 is 0 Å². The van der Waals surface area contributed by atoms with Gasteiger partial charge in [0.05, 0.1) is 0 Å². The molecule has 0 bridgehead atoms. The van der Waals surface area contributed by atoms with Crippen LogP contribution in [-0.2, 0) is 14.4 Å². The number of benzene rings is 2. The Balaban J connectivity index is 2.01. The van der Waals surface area contributed by atoms with Crippen molar-refractivity contribution < 1.29 is 18.9 Å². The van der Waals surface area contributed by atoms with Crippen molar-refractivity contribution in [1.29, 1.82) is 0 Å². The van der Waals surface area contributed by atoms with Gasteiger partial charge in [0.2, 0.25) is 17.7 Å². The molecule has 0 aliphatic heterocycles. The summed E-state index contributed by atoms with van der Waals surface area (Å²) in [7, 11) is 0. The van der Waals surface area contributed by atoms with Gasteiger partial charge in [-0.2, -0.15) is 0 Å². The number of hydrogen-bond acceptors (Lipinski definition) is 5. The monoisotopic (exact) mass is 538 g/mol. The summed E-state index contributed by atoms with van der Waals surface area (Å²) in [5.74, 6) is -0.312. The van der Waals surface area contributed by atoms with Crippen molar-refractivity contribution in [2.75, 3.05) is 10.2 Å². The second-order valence-electron chi connectivity index (χ2n) is 10.1. The van der Waals surface area contributed by atoms with E-state index in [-0.39, 0.29) is 24.6 Å². The lowest BCUT2D eigenvalue weighted by atomic mass is 9.97. The van der Waals surface area contributed by atoms with Crippen LogP contribution < -0.4 is 15.5 Å². The topological polar surface area (TPSA) is 105 Å². The summed E-state index contributed by atoms with van der Waals surface area (Å²) in [6, 6.07) is 13.1. The van der Waals surface area contributed by atoms with Crippen molar-refractivity contribution >= 4 is 40.8 Å². The minimum absolute atomic E-state index is 0.108. The number of nitrogens with zero attached hydrogens (tertiary/aromatic N) is 2. The first-order valence-corrected chi connectivity index (χ1v) is 13.0. The fourth-order valence-electron chi connectivity index (χ4n) is 3.87. The summed E-state index contributed by atoms with van der Waals surface area (Å²) in [6.45, 7) is 11.5. The third kappa shape index (κ3) is 7.22. The van der Waals surface area contributed by atoms with E-state index in [1.807, 2.05) is 46.8 Å². The summed E-state index contributed by atoms with van der Waals surface area (Å²) in [4.78, 5) is 41.7. The van der Waals surface area contributed by atoms with Crippen LogP contribution in [0.2, 0.25) is 5.02 Å². The molecule has 3 aromatic rings. The van der Waals surface area contributed by atoms with Gasteiger partial charge in [0.25, 0.3) is 0 Å². The number of hydrogen-bond donors (Lipinski definition) is 2. The maximum atomic E-state index is 13.9. The van der Waals surface area contributed by atoms with Crippen molar-refractivity contribution in [3.63, 3.8) is 0 Å². The Hall–Kier alpha value is -3.65. The number of halogens is 1. The molecule has 0 fully saturated rings. The highest BCUT2D eigenvalue weighted by Gasteiger charge is 2.36. The number of carbonyl (C=O) groups is 3. The SMILES string of the molecule is CCC(C)(C)NC(=O)C(c1ccccc1Cl)N(C(=O)CCC(=O)Nc1cc(C)on1)c1ccc(C)c(C)c1. The number of nitrogens with one attached hydrogen (secondary N) is 2. The maximum absolute atomic E-state index is 13.9. The number of anilines is 2. The fourth-order valence-corrected chi connectivity index (χ4v) is 4.11. The van der Waals surface area contributed by atoms with E-state index in [2.05, 4.69) is 15.8 Å². The van der Waals surface area contributed by atoms with Crippen LogP contribution in [0.15, 0.2) is 53.1 Å². The Morgan fingerprint density at radius 2 is 1.74 bits per heavy atom. The highest BCUT2D eigenvalue weighted by molar-refractivity contribution is 6.31. The molecule has 0 spiro atoms. The largest absolute Gasteiger partial charge is 0.360 e. The summed E-state index contributed by atoms with van der Waals surface area (Å²) >= 11 is 6.58. The first kappa shape index (κ1) is 28.9. The van der Waals surface area contributed by atoms with E-state index < -0.39 is 23.4 Å². The van der Waals surface area contributed by atoms with E-state index in [0.29, 0.717) is 28.5 Å². The smallest absolute Gasteiger partial charge is 0.248 e. The number of rotatable bonds is 10. The van der Waals surface area contributed by atoms with Gasteiger partial charge in [-0.3, -0.25) is 19.3 Å². The quantitative estimate of drug-likeness (QED) is 0.327.